The molecule has 0 saturated heterocycles. The zero-order valence-corrected chi connectivity index (χ0v) is 13.4. The normalized spacial score (nSPS) is 13.1. The van der Waals surface area contributed by atoms with Crippen molar-refractivity contribution in [3.8, 4) is 0 Å². The van der Waals surface area contributed by atoms with Crippen LogP contribution in [0.25, 0.3) is 0 Å². The lowest BCUT2D eigenvalue weighted by molar-refractivity contribution is -0.135. The molecular weight excluding hydrogens is 329 g/mol. The van der Waals surface area contributed by atoms with Gasteiger partial charge in [-0.2, -0.15) is 13.2 Å². The monoisotopic (exact) mass is 346 g/mol. The van der Waals surface area contributed by atoms with E-state index in [4.69, 9.17) is 11.6 Å². The number of sulfonamides is 1. The number of halogens is 4. The highest BCUT2D eigenvalue weighted by Gasteiger charge is 2.31. The van der Waals surface area contributed by atoms with Crippen molar-refractivity contribution in [3.05, 3.63) is 18.0 Å². The molecule has 0 aliphatic heterocycles. The summed E-state index contributed by atoms with van der Waals surface area (Å²) in [6.07, 6.45) is -3.36. The highest BCUT2D eigenvalue weighted by Crippen LogP contribution is 2.23. The van der Waals surface area contributed by atoms with Crippen LogP contribution in [0.15, 0.2) is 17.2 Å². The summed E-state index contributed by atoms with van der Waals surface area (Å²) in [7, 11) is -2.80. The Morgan fingerprint density at radius 2 is 2.00 bits per heavy atom. The third-order valence-electron chi connectivity index (χ3n) is 2.98. The molecule has 122 valence electrons. The van der Waals surface area contributed by atoms with Crippen LogP contribution in [0.4, 0.5) is 13.2 Å². The number of hydrogen-bond acceptors (Lipinski definition) is 2. The molecule has 0 radical (unpaired) electrons. The summed E-state index contributed by atoms with van der Waals surface area (Å²) in [5.41, 5.74) is 0.626. The van der Waals surface area contributed by atoms with Crippen LogP contribution in [0.2, 0.25) is 0 Å². The van der Waals surface area contributed by atoms with E-state index in [1.54, 1.807) is 4.57 Å². The van der Waals surface area contributed by atoms with Gasteiger partial charge in [-0.05, 0) is 12.5 Å². The van der Waals surface area contributed by atoms with Gasteiger partial charge in [-0.3, -0.25) is 0 Å². The van der Waals surface area contributed by atoms with Gasteiger partial charge in [0.05, 0.1) is 12.3 Å². The van der Waals surface area contributed by atoms with Crippen LogP contribution >= 0.6 is 11.6 Å². The Labute approximate surface area is 127 Å². The lowest BCUT2D eigenvalue weighted by Crippen LogP contribution is -2.30. The zero-order valence-electron chi connectivity index (χ0n) is 11.8. The van der Waals surface area contributed by atoms with Crippen molar-refractivity contribution in [1.82, 2.24) is 8.87 Å². The molecule has 0 N–H and O–H groups in total. The molecule has 0 aromatic carbocycles. The van der Waals surface area contributed by atoms with Gasteiger partial charge in [-0.15, -0.1) is 11.6 Å². The Hall–Kier alpha value is -0.730. The van der Waals surface area contributed by atoms with Gasteiger partial charge in [0.2, 0.25) is 10.0 Å². The van der Waals surface area contributed by atoms with E-state index < -0.39 is 29.2 Å². The topological polar surface area (TPSA) is 42.3 Å². The third-order valence-corrected chi connectivity index (χ3v) is 5.08. The Morgan fingerprint density at radius 3 is 2.48 bits per heavy atom. The van der Waals surface area contributed by atoms with Gasteiger partial charge >= 0.3 is 6.18 Å². The van der Waals surface area contributed by atoms with E-state index in [1.807, 2.05) is 6.92 Å². The number of hydrogen-bond donors (Lipinski definition) is 0. The predicted molar refractivity (Wildman–Crippen MR) is 74.8 cm³/mol. The van der Waals surface area contributed by atoms with E-state index in [0.29, 0.717) is 16.5 Å². The Morgan fingerprint density at radius 1 is 1.38 bits per heavy atom. The molecule has 0 atom stereocenters. The lowest BCUT2D eigenvalue weighted by atomic mass is 10.4. The SMILES string of the molecule is CCCn1cc(S(=O)(=O)N(C)CCC(F)(F)F)cc1CCl. The maximum absolute atomic E-state index is 12.2. The molecule has 0 aliphatic carbocycles. The molecule has 21 heavy (non-hydrogen) atoms. The van der Waals surface area contributed by atoms with Gasteiger partial charge < -0.3 is 4.57 Å². The molecule has 1 aromatic heterocycles. The van der Waals surface area contributed by atoms with Gasteiger partial charge in [0.25, 0.3) is 0 Å². The van der Waals surface area contributed by atoms with Crippen molar-refractivity contribution in [3.63, 3.8) is 0 Å². The van der Waals surface area contributed by atoms with E-state index in [2.05, 4.69) is 0 Å². The van der Waals surface area contributed by atoms with Crippen molar-refractivity contribution < 1.29 is 21.6 Å². The number of aromatic nitrogens is 1. The van der Waals surface area contributed by atoms with Gasteiger partial charge in [-0.25, -0.2) is 12.7 Å². The summed E-state index contributed by atoms with van der Waals surface area (Å²) in [6, 6.07) is 1.40. The highest BCUT2D eigenvalue weighted by molar-refractivity contribution is 7.89. The summed E-state index contributed by atoms with van der Waals surface area (Å²) in [4.78, 5) is -0.0312. The van der Waals surface area contributed by atoms with Crippen molar-refractivity contribution in [2.45, 2.75) is 43.3 Å². The van der Waals surface area contributed by atoms with E-state index in [9.17, 15) is 21.6 Å². The van der Waals surface area contributed by atoms with Gasteiger partial charge in [0, 0.05) is 32.0 Å². The van der Waals surface area contributed by atoms with Gasteiger partial charge in [-0.1, -0.05) is 6.92 Å². The molecule has 0 unspecified atom stereocenters. The van der Waals surface area contributed by atoms with Crippen molar-refractivity contribution in [2.24, 2.45) is 0 Å². The second-order valence-corrected chi connectivity index (χ2v) is 7.00. The standard InChI is InChI=1S/C12H18ClF3N2O2S/c1-3-5-18-9-11(7-10(18)8-13)21(19,20)17(2)6-4-12(14,15)16/h7,9H,3-6,8H2,1-2H3. The predicted octanol–water partition coefficient (Wildman–Crippen LogP) is 3.21. The van der Waals surface area contributed by atoms with Gasteiger partial charge in [0.1, 0.15) is 4.90 Å². The summed E-state index contributed by atoms with van der Waals surface area (Å²) >= 11 is 5.75. The molecule has 1 aromatic rings. The minimum atomic E-state index is -4.39. The number of alkyl halides is 4. The fourth-order valence-electron chi connectivity index (χ4n) is 1.81. The van der Waals surface area contributed by atoms with Crippen LogP contribution in [0, 0.1) is 0 Å². The average molecular weight is 347 g/mol. The average Bonchev–Trinajstić information content (AvgIpc) is 2.79. The van der Waals surface area contributed by atoms with Gasteiger partial charge in [0.15, 0.2) is 0 Å². The molecule has 0 bridgehead atoms. The summed E-state index contributed by atoms with van der Waals surface area (Å²) in [5.74, 6) is 0.141. The number of aryl methyl sites for hydroxylation is 1. The summed E-state index contributed by atoms with van der Waals surface area (Å²) in [6.45, 7) is 1.92. The molecule has 1 heterocycles. The van der Waals surface area contributed by atoms with Crippen molar-refractivity contribution in [2.75, 3.05) is 13.6 Å². The first-order valence-electron chi connectivity index (χ1n) is 6.40. The fourth-order valence-corrected chi connectivity index (χ4v) is 3.28. The minimum absolute atomic E-state index is 0.0312. The Kier molecular flexibility index (Phi) is 6.12. The molecule has 0 fully saturated rings. The first-order valence-corrected chi connectivity index (χ1v) is 8.37. The first-order chi connectivity index (χ1) is 9.61. The first kappa shape index (κ1) is 18.3. The van der Waals surface area contributed by atoms with Crippen LogP contribution in [0.1, 0.15) is 25.5 Å². The molecule has 0 spiro atoms. The molecular formula is C12H18ClF3N2O2S. The smallest absolute Gasteiger partial charge is 0.349 e. The molecule has 0 amide bonds. The Bertz CT molecular complexity index is 570. The van der Waals surface area contributed by atoms with E-state index >= 15 is 0 Å². The highest BCUT2D eigenvalue weighted by atomic mass is 35.5. The van der Waals surface area contributed by atoms with Crippen molar-refractivity contribution in [1.29, 1.82) is 0 Å². The van der Waals surface area contributed by atoms with Crippen LogP contribution in [0.3, 0.4) is 0 Å². The Balaban J connectivity index is 2.96. The molecule has 0 aliphatic rings. The summed E-state index contributed by atoms with van der Waals surface area (Å²) < 4.78 is 63.5. The quantitative estimate of drug-likeness (QED) is 0.711. The van der Waals surface area contributed by atoms with Crippen molar-refractivity contribution >= 4 is 21.6 Å². The second kappa shape index (κ2) is 7.02. The van der Waals surface area contributed by atoms with Crippen LogP contribution < -0.4 is 0 Å². The van der Waals surface area contributed by atoms with Crippen LogP contribution in [-0.4, -0.2) is 37.1 Å². The lowest BCUT2D eigenvalue weighted by Gasteiger charge is -2.17. The van der Waals surface area contributed by atoms with E-state index in [-0.39, 0.29) is 10.8 Å². The molecule has 1 rings (SSSR count). The number of rotatable bonds is 7. The van der Waals surface area contributed by atoms with Crippen LogP contribution in [-0.2, 0) is 22.4 Å². The largest absolute Gasteiger partial charge is 0.390 e. The third kappa shape index (κ3) is 4.89. The molecule has 0 saturated carbocycles. The maximum Gasteiger partial charge on any atom is 0.390 e. The number of nitrogens with zero attached hydrogens (tertiary/aromatic N) is 2. The van der Waals surface area contributed by atoms with Crippen LogP contribution in [0.5, 0.6) is 0 Å². The van der Waals surface area contributed by atoms with E-state index in [1.165, 1.54) is 12.3 Å². The second-order valence-electron chi connectivity index (χ2n) is 4.69. The maximum atomic E-state index is 12.2. The summed E-state index contributed by atoms with van der Waals surface area (Å²) in [5, 5.41) is 0. The minimum Gasteiger partial charge on any atom is -0.349 e. The fraction of sp³-hybridized carbons (Fsp3) is 0.667. The zero-order chi connectivity index (χ0) is 16.3. The van der Waals surface area contributed by atoms with E-state index in [0.717, 1.165) is 13.5 Å². The molecule has 4 nitrogen and oxygen atoms in total. The molecule has 9 heteroatoms.